The van der Waals surface area contributed by atoms with Crippen LogP contribution in [0.15, 0.2) is 23.0 Å². The number of rotatable bonds is 3. The highest BCUT2D eigenvalue weighted by molar-refractivity contribution is 5.97. The van der Waals surface area contributed by atoms with E-state index in [0.717, 1.165) is 24.8 Å². The number of carbonyl (C=O) groups excluding carboxylic acids is 2. The Morgan fingerprint density at radius 1 is 1.23 bits per heavy atom. The number of hydrogen-bond acceptors (Lipinski definition) is 4. The van der Waals surface area contributed by atoms with Gasteiger partial charge in [-0.3, -0.25) is 14.4 Å². The van der Waals surface area contributed by atoms with Crippen molar-refractivity contribution in [2.45, 2.75) is 58.5 Å². The molecular weight excluding hydrogens is 399 g/mol. The highest BCUT2D eigenvalue weighted by Gasteiger charge is 2.39. The molecule has 2 aliphatic heterocycles. The number of amides is 2. The quantitative estimate of drug-likeness (QED) is 0.816. The van der Waals surface area contributed by atoms with Crippen molar-refractivity contribution in [3.05, 3.63) is 62.3 Å². The second kappa shape index (κ2) is 8.24. The van der Waals surface area contributed by atoms with E-state index >= 15 is 0 Å². The first-order valence-electron chi connectivity index (χ1n) is 10.7. The van der Waals surface area contributed by atoms with Gasteiger partial charge >= 0.3 is 0 Å². The maximum absolute atomic E-state index is 14.6. The number of halogens is 1. The summed E-state index contributed by atoms with van der Waals surface area (Å²) < 4.78 is 14.6. The third kappa shape index (κ3) is 3.98. The van der Waals surface area contributed by atoms with Crippen molar-refractivity contribution in [1.29, 1.82) is 0 Å². The fourth-order valence-electron chi connectivity index (χ4n) is 4.69. The van der Waals surface area contributed by atoms with Gasteiger partial charge in [0, 0.05) is 30.6 Å². The highest BCUT2D eigenvalue weighted by atomic mass is 19.1. The van der Waals surface area contributed by atoms with E-state index in [9.17, 15) is 18.8 Å². The molecule has 7 nitrogen and oxygen atoms in total. The fraction of sp³-hybridized carbons (Fsp3) is 0.478. The largest absolute Gasteiger partial charge is 0.334 e. The average Bonchev–Trinajstić information content (AvgIpc) is 2.74. The number of benzene rings is 1. The summed E-state index contributed by atoms with van der Waals surface area (Å²) in [6.45, 7) is 5.99. The Labute approximate surface area is 180 Å². The van der Waals surface area contributed by atoms with Gasteiger partial charge in [0.15, 0.2) is 0 Å². The van der Waals surface area contributed by atoms with Gasteiger partial charge in [0.2, 0.25) is 5.91 Å². The van der Waals surface area contributed by atoms with Crippen molar-refractivity contribution in [3.8, 4) is 0 Å². The SMILES string of the molecule is Cc1c(Cc2ccc(F)c(C(=O)N3CC(=O)N4C(C)CCCC4C3)c2)n[nH]c(=O)c1C. The van der Waals surface area contributed by atoms with E-state index in [1.54, 1.807) is 13.0 Å². The predicted octanol–water partition coefficient (Wildman–Crippen LogP) is 2.34. The van der Waals surface area contributed by atoms with Crippen molar-refractivity contribution >= 4 is 11.8 Å². The molecule has 164 valence electrons. The summed E-state index contributed by atoms with van der Waals surface area (Å²) in [6.07, 6.45) is 3.21. The van der Waals surface area contributed by atoms with Gasteiger partial charge in [-0.25, -0.2) is 9.49 Å². The molecule has 2 aliphatic rings. The molecule has 31 heavy (non-hydrogen) atoms. The summed E-state index contributed by atoms with van der Waals surface area (Å²) in [6, 6.07) is 4.59. The number of piperidine rings is 1. The Kier molecular flexibility index (Phi) is 5.64. The van der Waals surface area contributed by atoms with Gasteiger partial charge in [-0.15, -0.1) is 0 Å². The van der Waals surface area contributed by atoms with Gasteiger partial charge in [0.05, 0.1) is 11.3 Å². The Morgan fingerprint density at radius 2 is 2.00 bits per heavy atom. The van der Waals surface area contributed by atoms with Crippen LogP contribution in [0.4, 0.5) is 4.39 Å². The molecule has 0 aliphatic carbocycles. The molecule has 1 N–H and O–H groups in total. The van der Waals surface area contributed by atoms with Crippen molar-refractivity contribution in [3.63, 3.8) is 0 Å². The molecule has 4 rings (SSSR count). The zero-order valence-corrected chi connectivity index (χ0v) is 18.1. The lowest BCUT2D eigenvalue weighted by atomic mass is 9.93. The number of hydrogen-bond donors (Lipinski definition) is 1. The van der Waals surface area contributed by atoms with Crippen LogP contribution < -0.4 is 5.56 Å². The molecule has 2 amide bonds. The van der Waals surface area contributed by atoms with E-state index in [1.165, 1.54) is 17.0 Å². The molecule has 0 spiro atoms. The van der Waals surface area contributed by atoms with E-state index in [0.29, 0.717) is 29.8 Å². The Hall–Kier alpha value is -3.03. The summed E-state index contributed by atoms with van der Waals surface area (Å²) in [5, 5.41) is 6.57. The number of aromatic nitrogens is 2. The first-order chi connectivity index (χ1) is 14.8. The third-order valence-corrected chi connectivity index (χ3v) is 6.62. The van der Waals surface area contributed by atoms with E-state index in [4.69, 9.17) is 0 Å². The number of aromatic amines is 1. The summed E-state index contributed by atoms with van der Waals surface area (Å²) in [5.41, 5.74) is 2.46. The van der Waals surface area contributed by atoms with E-state index in [2.05, 4.69) is 10.2 Å². The van der Waals surface area contributed by atoms with Crippen molar-refractivity contribution in [2.24, 2.45) is 0 Å². The summed E-state index contributed by atoms with van der Waals surface area (Å²) in [4.78, 5) is 40.9. The minimum Gasteiger partial charge on any atom is -0.334 e. The van der Waals surface area contributed by atoms with Crippen LogP contribution in [0.3, 0.4) is 0 Å². The molecule has 0 saturated carbocycles. The zero-order valence-electron chi connectivity index (χ0n) is 18.1. The molecule has 1 aromatic carbocycles. The molecule has 2 saturated heterocycles. The highest BCUT2D eigenvalue weighted by Crippen LogP contribution is 2.28. The van der Waals surface area contributed by atoms with Gasteiger partial charge in [0.25, 0.3) is 11.5 Å². The number of piperazine rings is 1. The number of H-pyrrole nitrogens is 1. The smallest absolute Gasteiger partial charge is 0.267 e. The van der Waals surface area contributed by atoms with Crippen LogP contribution in [0.2, 0.25) is 0 Å². The topological polar surface area (TPSA) is 86.4 Å². The molecule has 8 heteroatoms. The summed E-state index contributed by atoms with van der Waals surface area (Å²) in [5.74, 6) is -1.15. The van der Waals surface area contributed by atoms with Gasteiger partial charge in [-0.1, -0.05) is 6.07 Å². The lowest BCUT2D eigenvalue weighted by Crippen LogP contribution is -2.61. The minimum atomic E-state index is -0.608. The Balaban J connectivity index is 1.57. The molecular formula is C23H27FN4O3. The fourth-order valence-corrected chi connectivity index (χ4v) is 4.69. The van der Waals surface area contributed by atoms with Crippen LogP contribution in [0.1, 0.15) is 58.9 Å². The second-order valence-electron chi connectivity index (χ2n) is 8.66. The van der Waals surface area contributed by atoms with Gasteiger partial charge in [0.1, 0.15) is 12.4 Å². The van der Waals surface area contributed by atoms with Gasteiger partial charge < -0.3 is 9.80 Å². The van der Waals surface area contributed by atoms with Crippen LogP contribution >= 0.6 is 0 Å². The molecule has 2 atom stereocenters. The van der Waals surface area contributed by atoms with Crippen molar-refractivity contribution < 1.29 is 14.0 Å². The zero-order chi connectivity index (χ0) is 22.3. The van der Waals surface area contributed by atoms with Crippen LogP contribution in [0, 0.1) is 19.7 Å². The first kappa shape index (κ1) is 21.2. The minimum absolute atomic E-state index is 0.00355. The molecule has 2 aromatic rings. The number of nitrogens with zero attached hydrogens (tertiary/aromatic N) is 3. The molecule has 0 bridgehead atoms. The summed E-state index contributed by atoms with van der Waals surface area (Å²) in [7, 11) is 0. The summed E-state index contributed by atoms with van der Waals surface area (Å²) >= 11 is 0. The van der Waals surface area contributed by atoms with Crippen molar-refractivity contribution in [1.82, 2.24) is 20.0 Å². The van der Waals surface area contributed by atoms with E-state index in [-0.39, 0.29) is 35.7 Å². The normalized spacial score (nSPS) is 21.2. The first-order valence-corrected chi connectivity index (χ1v) is 10.7. The van der Waals surface area contributed by atoms with Gasteiger partial charge in [-0.2, -0.15) is 5.10 Å². The lowest BCUT2D eigenvalue weighted by Gasteiger charge is -2.47. The standard InChI is InChI=1S/C23H27FN4O3/c1-13-5-4-6-17-11-27(12-21(29)28(13)17)23(31)18-9-16(7-8-19(18)24)10-20-14(2)15(3)22(30)26-25-20/h7-9,13,17H,4-6,10-12H2,1-3H3,(H,26,30). The van der Waals surface area contributed by atoms with Crippen LogP contribution in [-0.2, 0) is 11.2 Å². The molecule has 2 unspecified atom stereocenters. The Morgan fingerprint density at radius 3 is 2.77 bits per heavy atom. The maximum atomic E-state index is 14.6. The lowest BCUT2D eigenvalue weighted by molar-refractivity contribution is -0.143. The average molecular weight is 426 g/mol. The van der Waals surface area contributed by atoms with Crippen molar-refractivity contribution in [2.75, 3.05) is 13.1 Å². The maximum Gasteiger partial charge on any atom is 0.267 e. The van der Waals surface area contributed by atoms with Crippen LogP contribution in [0.25, 0.3) is 0 Å². The van der Waals surface area contributed by atoms with Crippen LogP contribution in [0.5, 0.6) is 0 Å². The second-order valence-corrected chi connectivity index (χ2v) is 8.66. The predicted molar refractivity (Wildman–Crippen MR) is 113 cm³/mol. The molecule has 0 radical (unpaired) electrons. The third-order valence-electron chi connectivity index (χ3n) is 6.62. The molecule has 1 aromatic heterocycles. The van der Waals surface area contributed by atoms with E-state index < -0.39 is 11.7 Å². The Bertz CT molecular complexity index is 1100. The van der Waals surface area contributed by atoms with E-state index in [1.807, 2.05) is 18.7 Å². The van der Waals surface area contributed by atoms with Crippen LogP contribution in [-0.4, -0.2) is 57.0 Å². The number of carbonyl (C=O) groups is 2. The molecule has 2 fully saturated rings. The number of fused-ring (bicyclic) bond motifs is 1. The van der Waals surface area contributed by atoms with Gasteiger partial charge in [-0.05, 0) is 63.3 Å². The molecule has 3 heterocycles. The number of nitrogens with one attached hydrogen (secondary N) is 1. The monoisotopic (exact) mass is 426 g/mol.